The first-order valence-electron chi connectivity index (χ1n) is 9.66. The van der Waals surface area contributed by atoms with Crippen LogP contribution in [0.5, 0.6) is 0 Å². The van der Waals surface area contributed by atoms with E-state index in [0.29, 0.717) is 13.0 Å². The average molecular weight is 363 g/mol. The van der Waals surface area contributed by atoms with Crippen molar-refractivity contribution in [1.29, 1.82) is 0 Å². The molecule has 2 fully saturated rings. The summed E-state index contributed by atoms with van der Waals surface area (Å²) in [5.41, 5.74) is 8.45. The number of nitrogens with two attached hydrogens (primary N) is 1. The zero-order valence-electron chi connectivity index (χ0n) is 15.4. The molecular weight excluding hydrogens is 338 g/mol. The summed E-state index contributed by atoms with van der Waals surface area (Å²) in [6, 6.07) is 12.1. The van der Waals surface area contributed by atoms with Crippen LogP contribution in [-0.2, 0) is 16.0 Å². The molecule has 0 bridgehead atoms. The second-order valence-electron chi connectivity index (χ2n) is 7.85. The fourth-order valence-electron chi connectivity index (χ4n) is 4.19. The van der Waals surface area contributed by atoms with Gasteiger partial charge in [-0.3, -0.25) is 14.6 Å². The predicted octanol–water partition coefficient (Wildman–Crippen LogP) is 2.80. The van der Waals surface area contributed by atoms with Crippen LogP contribution in [0.15, 0.2) is 48.8 Å². The summed E-state index contributed by atoms with van der Waals surface area (Å²) in [5.74, 6) is 0.0563. The minimum absolute atomic E-state index is 0.165. The fraction of sp³-hybridized carbons (Fsp3) is 0.409. The number of hydrogen-bond acceptors (Lipinski definition) is 3. The lowest BCUT2D eigenvalue weighted by atomic mass is 9.73. The quantitative estimate of drug-likeness (QED) is 0.887. The standard InChI is InChI=1S/C22H25N3O2/c23-21(27)22(10-3-13-25(15-22)20(26)17-6-7-17)14-18-4-1-2-5-19(18)16-8-11-24-12-9-16/h1-2,4-5,8-9,11-12,17H,3,6-7,10,13-15H2,(H2,23,27)/t22-/m1/s1. The Morgan fingerprint density at radius 3 is 2.59 bits per heavy atom. The predicted molar refractivity (Wildman–Crippen MR) is 104 cm³/mol. The lowest BCUT2D eigenvalue weighted by Crippen LogP contribution is -2.53. The Kier molecular flexibility index (Phi) is 4.68. The molecule has 0 radical (unpaired) electrons. The number of benzene rings is 1. The van der Waals surface area contributed by atoms with Crippen molar-refractivity contribution in [2.24, 2.45) is 17.1 Å². The van der Waals surface area contributed by atoms with Crippen molar-refractivity contribution < 1.29 is 9.59 Å². The fourth-order valence-corrected chi connectivity index (χ4v) is 4.19. The van der Waals surface area contributed by atoms with Gasteiger partial charge in [-0.15, -0.1) is 0 Å². The van der Waals surface area contributed by atoms with Gasteiger partial charge in [0.15, 0.2) is 0 Å². The zero-order valence-corrected chi connectivity index (χ0v) is 15.4. The summed E-state index contributed by atoms with van der Waals surface area (Å²) in [5, 5.41) is 0. The van der Waals surface area contributed by atoms with Gasteiger partial charge in [-0.05, 0) is 60.9 Å². The van der Waals surface area contributed by atoms with Crippen molar-refractivity contribution in [3.05, 3.63) is 54.4 Å². The van der Waals surface area contributed by atoms with Gasteiger partial charge in [-0.1, -0.05) is 24.3 Å². The Balaban J connectivity index is 1.64. The topological polar surface area (TPSA) is 76.3 Å². The van der Waals surface area contributed by atoms with Crippen LogP contribution in [-0.4, -0.2) is 34.8 Å². The van der Waals surface area contributed by atoms with Crippen molar-refractivity contribution in [3.8, 4) is 11.1 Å². The van der Waals surface area contributed by atoms with Gasteiger partial charge in [-0.2, -0.15) is 0 Å². The maximum absolute atomic E-state index is 12.6. The van der Waals surface area contributed by atoms with Crippen LogP contribution >= 0.6 is 0 Å². The van der Waals surface area contributed by atoms with Crippen molar-refractivity contribution in [1.82, 2.24) is 9.88 Å². The molecule has 1 aromatic carbocycles. The largest absolute Gasteiger partial charge is 0.369 e. The molecule has 1 aliphatic carbocycles. The lowest BCUT2D eigenvalue weighted by Gasteiger charge is -2.41. The molecule has 1 saturated carbocycles. The minimum atomic E-state index is -0.702. The summed E-state index contributed by atoms with van der Waals surface area (Å²) in [6.45, 7) is 1.17. The van der Waals surface area contributed by atoms with E-state index in [0.717, 1.165) is 48.9 Å². The molecule has 0 spiro atoms. The van der Waals surface area contributed by atoms with Crippen molar-refractivity contribution in [2.45, 2.75) is 32.1 Å². The Hall–Kier alpha value is -2.69. The third-order valence-electron chi connectivity index (χ3n) is 5.88. The number of likely N-dealkylation sites (tertiary alicyclic amines) is 1. The zero-order chi connectivity index (χ0) is 18.9. The first-order chi connectivity index (χ1) is 13.1. The van der Waals surface area contributed by atoms with Crippen LogP contribution in [0.25, 0.3) is 11.1 Å². The highest BCUT2D eigenvalue weighted by Gasteiger charge is 2.44. The van der Waals surface area contributed by atoms with Crippen LogP contribution < -0.4 is 5.73 Å². The van der Waals surface area contributed by atoms with Gasteiger partial charge < -0.3 is 10.6 Å². The molecule has 1 atom stereocenters. The van der Waals surface area contributed by atoms with Crippen LogP contribution in [0.2, 0.25) is 0 Å². The summed E-state index contributed by atoms with van der Waals surface area (Å²) >= 11 is 0. The van der Waals surface area contributed by atoms with E-state index in [2.05, 4.69) is 17.1 Å². The van der Waals surface area contributed by atoms with E-state index in [1.165, 1.54) is 0 Å². The molecule has 27 heavy (non-hydrogen) atoms. The van der Waals surface area contributed by atoms with E-state index < -0.39 is 5.41 Å². The summed E-state index contributed by atoms with van der Waals surface area (Å²) in [7, 11) is 0. The van der Waals surface area contributed by atoms with E-state index in [4.69, 9.17) is 5.73 Å². The number of amides is 2. The molecular formula is C22H25N3O2. The summed E-state index contributed by atoms with van der Waals surface area (Å²) < 4.78 is 0. The molecule has 5 nitrogen and oxygen atoms in total. The number of carbonyl (C=O) groups excluding carboxylic acids is 2. The third kappa shape index (κ3) is 3.59. The number of hydrogen-bond donors (Lipinski definition) is 1. The SMILES string of the molecule is NC(=O)[C@@]1(Cc2ccccc2-c2ccncc2)CCCN(C(=O)C2CC2)C1. The first-order valence-corrected chi connectivity index (χ1v) is 9.66. The van der Waals surface area contributed by atoms with Crippen molar-refractivity contribution in [2.75, 3.05) is 13.1 Å². The molecule has 2 heterocycles. The maximum Gasteiger partial charge on any atom is 0.225 e. The number of rotatable bonds is 5. The van der Waals surface area contributed by atoms with Gasteiger partial charge in [-0.25, -0.2) is 0 Å². The van der Waals surface area contributed by atoms with Gasteiger partial charge in [0.05, 0.1) is 5.41 Å². The second kappa shape index (κ2) is 7.14. The van der Waals surface area contributed by atoms with Crippen molar-refractivity contribution >= 4 is 11.8 Å². The van der Waals surface area contributed by atoms with Crippen molar-refractivity contribution in [3.63, 3.8) is 0 Å². The average Bonchev–Trinajstić information content (AvgIpc) is 3.54. The normalized spacial score (nSPS) is 22.4. The highest BCUT2D eigenvalue weighted by atomic mass is 16.2. The number of nitrogens with zero attached hydrogens (tertiary/aromatic N) is 2. The Morgan fingerprint density at radius 2 is 1.89 bits per heavy atom. The third-order valence-corrected chi connectivity index (χ3v) is 5.88. The minimum Gasteiger partial charge on any atom is -0.369 e. The van der Waals surface area contributed by atoms with Gasteiger partial charge in [0.1, 0.15) is 0 Å². The van der Waals surface area contributed by atoms with Crippen LogP contribution in [0.4, 0.5) is 0 Å². The van der Waals surface area contributed by atoms with E-state index >= 15 is 0 Å². The van der Waals surface area contributed by atoms with Crippen LogP contribution in [0.3, 0.4) is 0 Å². The highest BCUT2D eigenvalue weighted by molar-refractivity contribution is 5.85. The monoisotopic (exact) mass is 363 g/mol. The summed E-state index contributed by atoms with van der Waals surface area (Å²) in [4.78, 5) is 31.1. The Labute approximate surface area is 159 Å². The molecule has 1 aliphatic heterocycles. The number of piperidine rings is 1. The molecule has 5 heteroatoms. The smallest absolute Gasteiger partial charge is 0.225 e. The number of aromatic nitrogens is 1. The Morgan fingerprint density at radius 1 is 1.15 bits per heavy atom. The van der Waals surface area contributed by atoms with Gasteiger partial charge in [0.2, 0.25) is 11.8 Å². The summed E-state index contributed by atoms with van der Waals surface area (Å²) in [6.07, 6.45) is 7.59. The number of pyridine rings is 1. The van der Waals surface area contributed by atoms with E-state index in [9.17, 15) is 9.59 Å². The molecule has 2 N–H and O–H groups in total. The van der Waals surface area contributed by atoms with Crippen LogP contribution in [0.1, 0.15) is 31.2 Å². The molecule has 140 valence electrons. The molecule has 1 aromatic heterocycles. The number of primary amides is 1. The van der Waals surface area contributed by atoms with E-state index in [-0.39, 0.29) is 17.7 Å². The lowest BCUT2D eigenvalue weighted by molar-refractivity contribution is -0.140. The first kappa shape index (κ1) is 17.7. The molecule has 0 unspecified atom stereocenters. The second-order valence-corrected chi connectivity index (χ2v) is 7.85. The molecule has 2 aromatic rings. The van der Waals surface area contributed by atoms with Gasteiger partial charge in [0, 0.05) is 31.4 Å². The number of carbonyl (C=O) groups is 2. The van der Waals surface area contributed by atoms with E-state index in [1.54, 1.807) is 12.4 Å². The van der Waals surface area contributed by atoms with E-state index in [1.807, 2.05) is 29.2 Å². The molecule has 2 amide bonds. The molecule has 4 rings (SSSR count). The highest BCUT2D eigenvalue weighted by Crippen LogP contribution is 2.39. The maximum atomic E-state index is 12.6. The Bertz CT molecular complexity index is 848. The molecule has 1 saturated heterocycles. The van der Waals surface area contributed by atoms with Gasteiger partial charge in [0.25, 0.3) is 0 Å². The molecule has 2 aliphatic rings. The van der Waals surface area contributed by atoms with Crippen LogP contribution in [0, 0.1) is 11.3 Å². The van der Waals surface area contributed by atoms with Gasteiger partial charge >= 0.3 is 0 Å².